The lowest BCUT2D eigenvalue weighted by atomic mass is 9.88. The van der Waals surface area contributed by atoms with Gasteiger partial charge in [-0.05, 0) is 60.2 Å². The van der Waals surface area contributed by atoms with Crippen molar-refractivity contribution in [2.45, 2.75) is 25.4 Å². The number of piperazine rings is 1. The Morgan fingerprint density at radius 3 is 2.62 bits per heavy atom. The molecule has 110 valence electrons. The Kier molecular flexibility index (Phi) is 4.22. The number of nitrogens with zero attached hydrogens (tertiary/aromatic N) is 1. The molecule has 2 nitrogen and oxygen atoms in total. The molecule has 3 rings (SSSR count). The van der Waals surface area contributed by atoms with E-state index in [-0.39, 0.29) is 5.54 Å². The molecule has 2 aromatic carbocycles. The fraction of sp³-hybridized carbons (Fsp3) is 0.333. The van der Waals surface area contributed by atoms with Gasteiger partial charge < -0.3 is 10.2 Å². The second-order valence-corrected chi connectivity index (χ2v) is 7.28. The summed E-state index contributed by atoms with van der Waals surface area (Å²) in [5.41, 5.74) is 2.67. The summed E-state index contributed by atoms with van der Waals surface area (Å²) in [6, 6.07) is 20.0. The lowest BCUT2D eigenvalue weighted by Gasteiger charge is -2.46. The topological polar surface area (TPSA) is 15.3 Å². The van der Waals surface area contributed by atoms with E-state index in [0.717, 1.165) is 13.1 Å². The minimum absolute atomic E-state index is 0.00491. The first-order chi connectivity index (χ1) is 10.1. The third-order valence-corrected chi connectivity index (χ3v) is 5.03. The quantitative estimate of drug-likeness (QED) is 0.778. The van der Waals surface area contributed by atoms with Gasteiger partial charge in [0.25, 0.3) is 0 Å². The van der Waals surface area contributed by atoms with Crippen LogP contribution in [0.1, 0.15) is 19.4 Å². The van der Waals surface area contributed by atoms with Crippen LogP contribution in [0.15, 0.2) is 54.6 Å². The number of hydrogen-bond acceptors (Lipinski definition) is 2. The average Bonchev–Trinajstić information content (AvgIpc) is 2.51. The first kappa shape index (κ1) is 14.9. The fourth-order valence-corrected chi connectivity index (χ4v) is 3.56. The molecule has 0 amide bonds. The zero-order chi connectivity index (χ0) is 14.9. The Balaban J connectivity index is 1.92. The maximum Gasteiger partial charge on any atom is 0.0584 e. The number of rotatable bonds is 2. The van der Waals surface area contributed by atoms with Crippen molar-refractivity contribution in [1.82, 2.24) is 5.32 Å². The molecule has 0 bridgehead atoms. The number of nitrogens with one attached hydrogen (secondary N) is 1. The van der Waals surface area contributed by atoms with Crippen LogP contribution in [0.25, 0.3) is 0 Å². The average molecular weight is 392 g/mol. The first-order valence-electron chi connectivity index (χ1n) is 7.41. The summed E-state index contributed by atoms with van der Waals surface area (Å²) in [6.45, 7) is 6.57. The van der Waals surface area contributed by atoms with Crippen LogP contribution < -0.4 is 10.2 Å². The molecule has 3 heteroatoms. The highest BCUT2D eigenvalue weighted by Gasteiger charge is 2.35. The normalized spacial score (nSPS) is 25.9. The smallest absolute Gasteiger partial charge is 0.0584 e. The predicted octanol–water partition coefficient (Wildman–Crippen LogP) is 4.00. The van der Waals surface area contributed by atoms with Crippen molar-refractivity contribution >= 4 is 28.3 Å². The fourth-order valence-electron chi connectivity index (χ4n) is 3.04. The summed E-state index contributed by atoms with van der Waals surface area (Å²) in [7, 11) is 0. The predicted molar refractivity (Wildman–Crippen MR) is 97.8 cm³/mol. The van der Waals surface area contributed by atoms with Crippen molar-refractivity contribution in [2.75, 3.05) is 18.0 Å². The van der Waals surface area contributed by atoms with Gasteiger partial charge in [-0.15, -0.1) is 0 Å². The van der Waals surface area contributed by atoms with E-state index in [9.17, 15) is 0 Å². The van der Waals surface area contributed by atoms with E-state index in [2.05, 4.69) is 101 Å². The molecule has 0 saturated carbocycles. The van der Waals surface area contributed by atoms with Gasteiger partial charge in [0.05, 0.1) is 5.54 Å². The van der Waals surface area contributed by atoms with Crippen LogP contribution in [0.5, 0.6) is 0 Å². The summed E-state index contributed by atoms with van der Waals surface area (Å²) >= 11 is 2.39. The Hall–Kier alpha value is -1.07. The molecule has 21 heavy (non-hydrogen) atoms. The van der Waals surface area contributed by atoms with Crippen LogP contribution in [-0.2, 0) is 5.54 Å². The van der Waals surface area contributed by atoms with Gasteiger partial charge >= 0.3 is 0 Å². The third kappa shape index (κ3) is 3.09. The highest BCUT2D eigenvalue weighted by atomic mass is 127. The van der Waals surface area contributed by atoms with Gasteiger partial charge in [-0.25, -0.2) is 0 Å². The van der Waals surface area contributed by atoms with Crippen molar-refractivity contribution in [2.24, 2.45) is 0 Å². The number of hydrogen-bond donors (Lipinski definition) is 1. The zero-order valence-electron chi connectivity index (χ0n) is 12.5. The van der Waals surface area contributed by atoms with Crippen molar-refractivity contribution in [3.63, 3.8) is 0 Å². The van der Waals surface area contributed by atoms with E-state index in [1.165, 1.54) is 14.8 Å². The van der Waals surface area contributed by atoms with Gasteiger partial charge in [0.1, 0.15) is 0 Å². The van der Waals surface area contributed by atoms with E-state index < -0.39 is 0 Å². The van der Waals surface area contributed by atoms with E-state index in [0.29, 0.717) is 6.04 Å². The molecule has 0 radical (unpaired) electrons. The summed E-state index contributed by atoms with van der Waals surface area (Å²) < 4.78 is 1.29. The monoisotopic (exact) mass is 392 g/mol. The van der Waals surface area contributed by atoms with Crippen molar-refractivity contribution in [1.29, 1.82) is 0 Å². The Bertz CT molecular complexity index is 614. The molecule has 1 fully saturated rings. The highest BCUT2D eigenvalue weighted by molar-refractivity contribution is 14.1. The second kappa shape index (κ2) is 5.97. The molecule has 0 aromatic heterocycles. The van der Waals surface area contributed by atoms with Gasteiger partial charge in [-0.1, -0.05) is 36.4 Å². The standard InChI is InChI=1S/C18H21IN2/c1-14-12-20-18(2,15-7-4-3-5-8-15)13-21(14)17-10-6-9-16(19)11-17/h3-11,14,20H,12-13H2,1-2H3. The van der Waals surface area contributed by atoms with Crippen molar-refractivity contribution in [3.8, 4) is 0 Å². The summed E-state index contributed by atoms with van der Waals surface area (Å²) in [5.74, 6) is 0. The molecule has 1 heterocycles. The Labute approximate surface area is 140 Å². The van der Waals surface area contributed by atoms with Crippen LogP contribution in [0.4, 0.5) is 5.69 Å². The van der Waals surface area contributed by atoms with Crippen LogP contribution in [0.3, 0.4) is 0 Å². The van der Waals surface area contributed by atoms with E-state index >= 15 is 0 Å². The van der Waals surface area contributed by atoms with Crippen LogP contribution in [0, 0.1) is 3.57 Å². The zero-order valence-corrected chi connectivity index (χ0v) is 14.7. The molecule has 1 aliphatic rings. The number of halogens is 1. The van der Waals surface area contributed by atoms with E-state index in [1.54, 1.807) is 0 Å². The van der Waals surface area contributed by atoms with Crippen LogP contribution in [-0.4, -0.2) is 19.1 Å². The molecule has 0 aliphatic carbocycles. The Morgan fingerprint density at radius 1 is 1.14 bits per heavy atom. The largest absolute Gasteiger partial charge is 0.365 e. The summed E-state index contributed by atoms with van der Waals surface area (Å²) in [4.78, 5) is 2.52. The second-order valence-electron chi connectivity index (χ2n) is 6.04. The minimum Gasteiger partial charge on any atom is -0.365 e. The van der Waals surface area contributed by atoms with Crippen molar-refractivity contribution < 1.29 is 0 Å². The molecule has 0 spiro atoms. The molecule has 1 saturated heterocycles. The lowest BCUT2D eigenvalue weighted by Crippen LogP contribution is -2.60. The van der Waals surface area contributed by atoms with Gasteiger partial charge in [0, 0.05) is 28.4 Å². The molecule has 2 atom stereocenters. The molecular formula is C18H21IN2. The van der Waals surface area contributed by atoms with Gasteiger partial charge in [-0.3, -0.25) is 0 Å². The lowest BCUT2D eigenvalue weighted by molar-refractivity contribution is 0.299. The van der Waals surface area contributed by atoms with Gasteiger partial charge in [0.15, 0.2) is 0 Å². The minimum atomic E-state index is -0.00491. The van der Waals surface area contributed by atoms with Crippen LogP contribution in [0.2, 0.25) is 0 Å². The summed E-state index contributed by atoms with van der Waals surface area (Å²) in [5, 5.41) is 3.73. The van der Waals surface area contributed by atoms with E-state index in [4.69, 9.17) is 0 Å². The number of benzene rings is 2. The van der Waals surface area contributed by atoms with E-state index in [1.807, 2.05) is 0 Å². The van der Waals surface area contributed by atoms with Crippen LogP contribution >= 0.6 is 22.6 Å². The third-order valence-electron chi connectivity index (χ3n) is 4.36. The number of anilines is 1. The maximum absolute atomic E-state index is 3.73. The van der Waals surface area contributed by atoms with Crippen molar-refractivity contribution in [3.05, 3.63) is 63.7 Å². The van der Waals surface area contributed by atoms with Gasteiger partial charge in [-0.2, -0.15) is 0 Å². The molecule has 2 unspecified atom stereocenters. The molecule has 2 aromatic rings. The molecule has 1 aliphatic heterocycles. The summed E-state index contributed by atoms with van der Waals surface area (Å²) in [6.07, 6.45) is 0. The molecule has 1 N–H and O–H groups in total. The highest BCUT2D eigenvalue weighted by Crippen LogP contribution is 2.30. The maximum atomic E-state index is 3.73. The molecular weight excluding hydrogens is 371 g/mol. The van der Waals surface area contributed by atoms with Gasteiger partial charge in [0.2, 0.25) is 0 Å². The Morgan fingerprint density at radius 2 is 1.90 bits per heavy atom. The SMILES string of the molecule is CC1CNC(C)(c2ccccc2)CN1c1cccc(I)c1. The first-order valence-corrected chi connectivity index (χ1v) is 8.49.